The van der Waals surface area contributed by atoms with Gasteiger partial charge >= 0.3 is 0 Å². The zero-order chi connectivity index (χ0) is 18.7. The number of hydrogen-bond donors (Lipinski definition) is 1. The number of rotatable bonds is 4. The van der Waals surface area contributed by atoms with Crippen molar-refractivity contribution in [3.05, 3.63) is 65.2 Å². The van der Waals surface area contributed by atoms with Crippen LogP contribution >= 0.6 is 0 Å². The minimum absolute atomic E-state index is 0.0955. The number of ether oxygens (including phenoxy) is 1. The van der Waals surface area contributed by atoms with Crippen LogP contribution < -0.4 is 5.32 Å². The molecule has 0 spiro atoms. The van der Waals surface area contributed by atoms with Crippen molar-refractivity contribution in [3.63, 3.8) is 0 Å². The maximum Gasteiger partial charge on any atom is 0.234 e. The van der Waals surface area contributed by atoms with Gasteiger partial charge in [-0.2, -0.15) is 0 Å². The van der Waals surface area contributed by atoms with Gasteiger partial charge < -0.3 is 10.1 Å². The van der Waals surface area contributed by atoms with E-state index in [1.54, 1.807) is 0 Å². The highest BCUT2D eigenvalue weighted by atomic mass is 16.5. The monoisotopic (exact) mass is 364 g/mol. The van der Waals surface area contributed by atoms with E-state index in [9.17, 15) is 4.79 Å². The van der Waals surface area contributed by atoms with Crippen molar-refractivity contribution in [2.24, 2.45) is 0 Å². The number of aryl methyl sites for hydroxylation is 1. The molecule has 2 aromatic carbocycles. The molecule has 4 rings (SSSR count). The molecule has 1 aliphatic heterocycles. The van der Waals surface area contributed by atoms with Crippen molar-refractivity contribution < 1.29 is 9.53 Å². The molecule has 0 aromatic heterocycles. The lowest BCUT2D eigenvalue weighted by Gasteiger charge is -2.34. The highest BCUT2D eigenvalue weighted by Crippen LogP contribution is 2.38. The minimum Gasteiger partial charge on any atom is -0.379 e. The molecule has 1 aliphatic carbocycles. The normalized spacial score (nSPS) is 22.9. The zero-order valence-electron chi connectivity index (χ0n) is 16.0. The summed E-state index contributed by atoms with van der Waals surface area (Å²) >= 11 is 0. The molecular weight excluding hydrogens is 336 g/mol. The number of fused-ring (bicyclic) bond motifs is 1. The Hall–Kier alpha value is -2.17. The largest absolute Gasteiger partial charge is 0.379 e. The van der Waals surface area contributed by atoms with E-state index in [-0.39, 0.29) is 5.91 Å². The molecule has 0 saturated carbocycles. The Balaban J connectivity index is 1.49. The number of morpholine rings is 1. The molecule has 2 aliphatic rings. The van der Waals surface area contributed by atoms with Crippen molar-refractivity contribution in [3.8, 4) is 0 Å². The SMILES string of the molecule is CC1(C(=O)Nc2cccc(CN3CCOCC3)c2)CCCc2ccccc21. The summed E-state index contributed by atoms with van der Waals surface area (Å²) in [7, 11) is 0. The van der Waals surface area contributed by atoms with Gasteiger partial charge in [-0.1, -0.05) is 36.4 Å². The van der Waals surface area contributed by atoms with Gasteiger partial charge in [0.25, 0.3) is 0 Å². The molecule has 1 fully saturated rings. The number of benzene rings is 2. The summed E-state index contributed by atoms with van der Waals surface area (Å²) in [5, 5.41) is 3.19. The summed E-state index contributed by atoms with van der Waals surface area (Å²) < 4.78 is 5.42. The Morgan fingerprint density at radius 3 is 2.81 bits per heavy atom. The molecule has 142 valence electrons. The average Bonchev–Trinajstić information content (AvgIpc) is 2.69. The fraction of sp³-hybridized carbons (Fsp3) is 0.435. The van der Waals surface area contributed by atoms with Crippen LogP contribution in [0.1, 0.15) is 36.5 Å². The van der Waals surface area contributed by atoms with Gasteiger partial charge in [-0.15, -0.1) is 0 Å². The van der Waals surface area contributed by atoms with Crippen LogP contribution in [0.3, 0.4) is 0 Å². The lowest BCUT2D eigenvalue weighted by Crippen LogP contribution is -2.40. The van der Waals surface area contributed by atoms with Crippen LogP contribution in [0.15, 0.2) is 48.5 Å². The van der Waals surface area contributed by atoms with E-state index >= 15 is 0 Å². The number of nitrogens with zero attached hydrogens (tertiary/aromatic N) is 1. The first-order valence-electron chi connectivity index (χ1n) is 9.94. The van der Waals surface area contributed by atoms with Crippen molar-refractivity contribution in [2.75, 3.05) is 31.6 Å². The van der Waals surface area contributed by atoms with Crippen molar-refractivity contribution in [2.45, 2.75) is 38.1 Å². The summed E-state index contributed by atoms with van der Waals surface area (Å²) in [6, 6.07) is 16.6. The number of carbonyl (C=O) groups excluding carboxylic acids is 1. The summed E-state index contributed by atoms with van der Waals surface area (Å²) in [5.41, 5.74) is 4.13. The molecule has 2 aromatic rings. The number of anilines is 1. The Kier molecular flexibility index (Phi) is 5.28. The van der Waals surface area contributed by atoms with E-state index in [0.717, 1.165) is 57.8 Å². The molecule has 1 unspecified atom stereocenters. The number of hydrogen-bond acceptors (Lipinski definition) is 3. The maximum absolute atomic E-state index is 13.2. The van der Waals surface area contributed by atoms with Crippen LogP contribution in [0.2, 0.25) is 0 Å². The quantitative estimate of drug-likeness (QED) is 0.898. The van der Waals surface area contributed by atoms with Gasteiger partial charge in [0.1, 0.15) is 0 Å². The molecule has 1 saturated heterocycles. The van der Waals surface area contributed by atoms with Gasteiger partial charge in [-0.05, 0) is 55.0 Å². The van der Waals surface area contributed by atoms with Crippen LogP contribution in [0.4, 0.5) is 5.69 Å². The second kappa shape index (κ2) is 7.83. The molecule has 0 bridgehead atoms. The average molecular weight is 364 g/mol. The highest BCUT2D eigenvalue weighted by Gasteiger charge is 2.38. The summed E-state index contributed by atoms with van der Waals surface area (Å²) in [6.45, 7) is 6.50. The number of amides is 1. The Morgan fingerprint density at radius 2 is 1.96 bits per heavy atom. The van der Waals surface area contributed by atoms with E-state index in [1.807, 2.05) is 18.2 Å². The topological polar surface area (TPSA) is 41.6 Å². The van der Waals surface area contributed by atoms with E-state index in [2.05, 4.69) is 47.5 Å². The van der Waals surface area contributed by atoms with Crippen molar-refractivity contribution >= 4 is 11.6 Å². The molecule has 1 amide bonds. The zero-order valence-corrected chi connectivity index (χ0v) is 16.0. The predicted molar refractivity (Wildman–Crippen MR) is 108 cm³/mol. The van der Waals surface area contributed by atoms with Crippen LogP contribution in [0.25, 0.3) is 0 Å². The fourth-order valence-corrected chi connectivity index (χ4v) is 4.31. The molecule has 0 radical (unpaired) electrons. The van der Waals surface area contributed by atoms with Gasteiger partial charge in [0.15, 0.2) is 0 Å². The van der Waals surface area contributed by atoms with E-state index in [1.165, 1.54) is 16.7 Å². The Labute approximate surface area is 161 Å². The minimum atomic E-state index is -0.463. The lowest BCUT2D eigenvalue weighted by molar-refractivity contribution is -0.121. The molecule has 27 heavy (non-hydrogen) atoms. The second-order valence-electron chi connectivity index (χ2n) is 7.89. The van der Waals surface area contributed by atoms with E-state index in [4.69, 9.17) is 4.74 Å². The first-order chi connectivity index (χ1) is 13.1. The van der Waals surface area contributed by atoms with Crippen molar-refractivity contribution in [1.29, 1.82) is 0 Å². The van der Waals surface area contributed by atoms with E-state index in [0.29, 0.717) is 0 Å². The highest BCUT2D eigenvalue weighted by molar-refractivity contribution is 5.99. The maximum atomic E-state index is 13.2. The number of carbonyl (C=O) groups is 1. The van der Waals surface area contributed by atoms with Crippen LogP contribution in [-0.4, -0.2) is 37.1 Å². The second-order valence-corrected chi connectivity index (χ2v) is 7.89. The van der Waals surface area contributed by atoms with Crippen LogP contribution in [0, 0.1) is 0 Å². The van der Waals surface area contributed by atoms with Gasteiger partial charge in [-0.25, -0.2) is 0 Å². The Morgan fingerprint density at radius 1 is 1.15 bits per heavy atom. The first-order valence-corrected chi connectivity index (χ1v) is 9.94. The summed E-state index contributed by atoms with van der Waals surface area (Å²) in [5.74, 6) is 0.0955. The molecule has 1 heterocycles. The molecule has 1 N–H and O–H groups in total. The predicted octanol–water partition coefficient (Wildman–Crippen LogP) is 3.75. The standard InChI is InChI=1S/C23H28N2O2/c1-23(11-5-8-19-7-2-3-10-21(19)23)22(26)24-20-9-4-6-18(16-20)17-25-12-14-27-15-13-25/h2-4,6-7,9-10,16H,5,8,11-15,17H2,1H3,(H,24,26). The number of nitrogens with one attached hydrogen (secondary N) is 1. The summed E-state index contributed by atoms with van der Waals surface area (Å²) in [4.78, 5) is 15.6. The van der Waals surface area contributed by atoms with E-state index < -0.39 is 5.41 Å². The fourth-order valence-electron chi connectivity index (χ4n) is 4.31. The molecule has 4 nitrogen and oxygen atoms in total. The first kappa shape index (κ1) is 18.2. The Bertz CT molecular complexity index is 814. The van der Waals surface area contributed by atoms with Crippen LogP contribution in [0.5, 0.6) is 0 Å². The van der Waals surface area contributed by atoms with Crippen LogP contribution in [-0.2, 0) is 27.9 Å². The third-order valence-corrected chi connectivity index (χ3v) is 5.93. The molecular formula is C23H28N2O2. The summed E-state index contributed by atoms with van der Waals surface area (Å²) in [6.07, 6.45) is 3.01. The van der Waals surface area contributed by atoms with Gasteiger partial charge in [0.2, 0.25) is 5.91 Å². The molecule has 1 atom stereocenters. The van der Waals surface area contributed by atoms with Crippen molar-refractivity contribution in [1.82, 2.24) is 4.90 Å². The van der Waals surface area contributed by atoms with Gasteiger partial charge in [-0.3, -0.25) is 9.69 Å². The lowest BCUT2D eigenvalue weighted by atomic mass is 9.70. The third kappa shape index (κ3) is 3.92. The smallest absolute Gasteiger partial charge is 0.234 e. The van der Waals surface area contributed by atoms with Gasteiger partial charge in [0.05, 0.1) is 18.6 Å². The van der Waals surface area contributed by atoms with Gasteiger partial charge in [0, 0.05) is 25.3 Å². The third-order valence-electron chi connectivity index (χ3n) is 5.93. The molecule has 4 heteroatoms.